The maximum atomic E-state index is 13.5. The monoisotopic (exact) mass is 254 g/mol. The number of para-hydroxylation sites is 1. The molecule has 1 aromatic rings. The zero-order chi connectivity index (χ0) is 13.7. The van der Waals surface area contributed by atoms with Gasteiger partial charge in [0.05, 0.1) is 5.69 Å². The molecule has 0 saturated carbocycles. The van der Waals surface area contributed by atoms with E-state index in [9.17, 15) is 14.0 Å². The second-order valence-electron chi connectivity index (χ2n) is 3.71. The number of carbonyl (C=O) groups excluding carboxylic acids is 1. The van der Waals surface area contributed by atoms with E-state index < -0.39 is 23.9 Å². The molecule has 0 bridgehead atoms. The Morgan fingerprint density at radius 3 is 2.56 bits per heavy atom. The molecular formula is C12H15FN2O3. The van der Waals surface area contributed by atoms with Crippen molar-refractivity contribution in [1.82, 2.24) is 5.32 Å². The van der Waals surface area contributed by atoms with Crippen LogP contribution in [0.3, 0.4) is 0 Å². The average Bonchev–Trinajstić information content (AvgIpc) is 2.32. The first-order chi connectivity index (χ1) is 8.47. The van der Waals surface area contributed by atoms with Gasteiger partial charge in [-0.1, -0.05) is 12.1 Å². The maximum Gasteiger partial charge on any atom is 0.325 e. The molecule has 0 unspecified atom stereocenters. The molecule has 0 fully saturated rings. The molecule has 18 heavy (non-hydrogen) atoms. The lowest BCUT2D eigenvalue weighted by Gasteiger charge is -2.23. The quantitative estimate of drug-likeness (QED) is 0.861. The molecular weight excluding hydrogens is 239 g/mol. The van der Waals surface area contributed by atoms with Crippen molar-refractivity contribution in [3.05, 3.63) is 30.1 Å². The summed E-state index contributed by atoms with van der Waals surface area (Å²) in [5.74, 6) is -1.68. The number of hydrogen-bond acceptors (Lipinski definition) is 2. The Morgan fingerprint density at radius 1 is 1.44 bits per heavy atom. The minimum absolute atomic E-state index is 0.120. The standard InChI is InChI=1S/C12H15FN2O3/c1-3-15(10-7-5-4-6-9(10)13)12(18)14-8(2)11(16)17/h4-8H,3H2,1-2H3,(H,14,18)(H,16,17)/t8-/m0/s1. The van der Waals surface area contributed by atoms with Crippen molar-refractivity contribution in [2.45, 2.75) is 19.9 Å². The fraction of sp³-hybridized carbons (Fsp3) is 0.333. The highest BCUT2D eigenvalue weighted by Gasteiger charge is 2.21. The number of amides is 2. The van der Waals surface area contributed by atoms with Crippen LogP contribution in [0.15, 0.2) is 24.3 Å². The van der Waals surface area contributed by atoms with E-state index in [0.717, 1.165) is 4.90 Å². The van der Waals surface area contributed by atoms with Gasteiger partial charge in [0.25, 0.3) is 0 Å². The zero-order valence-corrected chi connectivity index (χ0v) is 10.2. The second-order valence-corrected chi connectivity index (χ2v) is 3.71. The zero-order valence-electron chi connectivity index (χ0n) is 10.2. The molecule has 1 atom stereocenters. The molecule has 0 aromatic heterocycles. The van der Waals surface area contributed by atoms with Crippen LogP contribution >= 0.6 is 0 Å². The van der Waals surface area contributed by atoms with Crippen LogP contribution in [-0.2, 0) is 4.79 Å². The number of aliphatic carboxylic acids is 1. The van der Waals surface area contributed by atoms with Crippen LogP contribution in [0.2, 0.25) is 0 Å². The summed E-state index contributed by atoms with van der Waals surface area (Å²) in [6, 6.07) is 4.16. The van der Waals surface area contributed by atoms with E-state index in [-0.39, 0.29) is 12.2 Å². The molecule has 0 radical (unpaired) electrons. The lowest BCUT2D eigenvalue weighted by molar-refractivity contribution is -0.138. The predicted octanol–water partition coefficient (Wildman–Crippen LogP) is 1.83. The number of nitrogens with one attached hydrogen (secondary N) is 1. The van der Waals surface area contributed by atoms with E-state index in [2.05, 4.69) is 5.32 Å². The van der Waals surface area contributed by atoms with Crippen LogP contribution in [0.25, 0.3) is 0 Å². The molecule has 0 aliphatic carbocycles. The van der Waals surface area contributed by atoms with Crippen molar-refractivity contribution in [1.29, 1.82) is 0 Å². The number of carboxylic acid groups (broad SMARTS) is 1. The Bertz CT molecular complexity index is 451. The summed E-state index contributed by atoms with van der Waals surface area (Å²) in [5, 5.41) is 11.0. The molecule has 2 N–H and O–H groups in total. The van der Waals surface area contributed by atoms with Gasteiger partial charge >= 0.3 is 12.0 Å². The van der Waals surface area contributed by atoms with Crippen molar-refractivity contribution in [3.8, 4) is 0 Å². The Kier molecular flexibility index (Phi) is 4.65. The van der Waals surface area contributed by atoms with E-state index >= 15 is 0 Å². The number of hydrogen-bond donors (Lipinski definition) is 2. The molecule has 0 saturated heterocycles. The van der Waals surface area contributed by atoms with Crippen LogP contribution in [0.4, 0.5) is 14.9 Å². The van der Waals surface area contributed by atoms with Gasteiger partial charge in [0, 0.05) is 6.54 Å². The predicted molar refractivity (Wildman–Crippen MR) is 65.0 cm³/mol. The van der Waals surface area contributed by atoms with Gasteiger partial charge in [-0.05, 0) is 26.0 Å². The van der Waals surface area contributed by atoms with Gasteiger partial charge in [-0.25, -0.2) is 9.18 Å². The summed E-state index contributed by atoms with van der Waals surface area (Å²) in [6.07, 6.45) is 0. The first kappa shape index (κ1) is 14.0. The molecule has 98 valence electrons. The second kappa shape index (κ2) is 6.00. The van der Waals surface area contributed by atoms with Gasteiger partial charge in [-0.3, -0.25) is 9.69 Å². The minimum atomic E-state index is -1.15. The van der Waals surface area contributed by atoms with Gasteiger partial charge in [0.15, 0.2) is 0 Å². The van der Waals surface area contributed by atoms with Crippen LogP contribution in [0.5, 0.6) is 0 Å². The Balaban J connectivity index is 2.87. The van der Waals surface area contributed by atoms with Crippen molar-refractivity contribution >= 4 is 17.7 Å². The summed E-state index contributed by atoms with van der Waals surface area (Å²) in [4.78, 5) is 23.6. The molecule has 0 aliphatic heterocycles. The van der Waals surface area contributed by atoms with Gasteiger partial charge in [-0.15, -0.1) is 0 Å². The fourth-order valence-electron chi connectivity index (χ4n) is 1.42. The third kappa shape index (κ3) is 3.19. The first-order valence-electron chi connectivity index (χ1n) is 5.52. The van der Waals surface area contributed by atoms with Crippen LogP contribution < -0.4 is 10.2 Å². The number of urea groups is 1. The van der Waals surface area contributed by atoms with Crippen LogP contribution in [-0.4, -0.2) is 29.7 Å². The lowest BCUT2D eigenvalue weighted by Crippen LogP contribution is -2.47. The number of halogens is 1. The Hall–Kier alpha value is -2.11. The average molecular weight is 254 g/mol. The Labute approximate surface area is 104 Å². The molecule has 5 nitrogen and oxygen atoms in total. The highest BCUT2D eigenvalue weighted by Crippen LogP contribution is 2.18. The number of anilines is 1. The van der Waals surface area contributed by atoms with E-state index in [4.69, 9.17) is 5.11 Å². The summed E-state index contributed by atoms with van der Waals surface area (Å²) in [7, 11) is 0. The van der Waals surface area contributed by atoms with Crippen LogP contribution in [0.1, 0.15) is 13.8 Å². The largest absolute Gasteiger partial charge is 0.480 e. The lowest BCUT2D eigenvalue weighted by atomic mass is 10.2. The van der Waals surface area contributed by atoms with Crippen molar-refractivity contribution in [2.75, 3.05) is 11.4 Å². The number of rotatable bonds is 4. The third-order valence-electron chi connectivity index (χ3n) is 2.42. The normalized spacial score (nSPS) is 11.7. The number of carboxylic acids is 1. The molecule has 0 heterocycles. The highest BCUT2D eigenvalue weighted by atomic mass is 19.1. The summed E-state index contributed by atoms with van der Waals surface area (Å²) < 4.78 is 13.5. The van der Waals surface area contributed by atoms with Gasteiger partial charge in [0.1, 0.15) is 11.9 Å². The van der Waals surface area contributed by atoms with Gasteiger partial charge in [-0.2, -0.15) is 0 Å². The highest BCUT2D eigenvalue weighted by molar-refractivity contribution is 5.94. The molecule has 0 spiro atoms. The number of benzene rings is 1. The smallest absolute Gasteiger partial charge is 0.325 e. The number of carbonyl (C=O) groups is 2. The van der Waals surface area contributed by atoms with E-state index in [1.165, 1.54) is 25.1 Å². The molecule has 2 amide bonds. The van der Waals surface area contributed by atoms with E-state index in [0.29, 0.717) is 0 Å². The van der Waals surface area contributed by atoms with E-state index in [1.807, 2.05) is 0 Å². The van der Waals surface area contributed by atoms with Gasteiger partial charge < -0.3 is 10.4 Å². The summed E-state index contributed by atoms with van der Waals surface area (Å²) in [5.41, 5.74) is 0.120. The molecule has 1 aromatic carbocycles. The Morgan fingerprint density at radius 2 is 2.06 bits per heavy atom. The topological polar surface area (TPSA) is 69.6 Å². The molecule has 0 aliphatic rings. The summed E-state index contributed by atoms with van der Waals surface area (Å²) >= 11 is 0. The first-order valence-corrected chi connectivity index (χ1v) is 5.52. The fourth-order valence-corrected chi connectivity index (χ4v) is 1.42. The van der Waals surface area contributed by atoms with E-state index in [1.54, 1.807) is 13.0 Å². The maximum absolute atomic E-state index is 13.5. The SMILES string of the molecule is CCN(C(=O)N[C@@H](C)C(=O)O)c1ccccc1F. The van der Waals surface area contributed by atoms with Gasteiger partial charge in [0.2, 0.25) is 0 Å². The number of nitrogens with zero attached hydrogens (tertiary/aromatic N) is 1. The molecule has 1 rings (SSSR count). The third-order valence-corrected chi connectivity index (χ3v) is 2.42. The van der Waals surface area contributed by atoms with Crippen LogP contribution in [0, 0.1) is 5.82 Å². The minimum Gasteiger partial charge on any atom is -0.480 e. The summed E-state index contributed by atoms with van der Waals surface area (Å²) in [6.45, 7) is 3.26. The molecule has 6 heteroatoms. The van der Waals surface area contributed by atoms with Crippen molar-refractivity contribution in [3.63, 3.8) is 0 Å². The van der Waals surface area contributed by atoms with Crippen molar-refractivity contribution < 1.29 is 19.1 Å². The van der Waals surface area contributed by atoms with Crippen molar-refractivity contribution in [2.24, 2.45) is 0 Å².